The number of hydrogen-bond donors (Lipinski definition) is 2. The lowest BCUT2D eigenvalue weighted by Gasteiger charge is -2.20. The number of hydrogen-bond acceptors (Lipinski definition) is 4. The first kappa shape index (κ1) is 23.0. The van der Waals surface area contributed by atoms with Gasteiger partial charge < -0.3 is 15.0 Å². The van der Waals surface area contributed by atoms with Gasteiger partial charge in [-0.3, -0.25) is 14.4 Å². The summed E-state index contributed by atoms with van der Waals surface area (Å²) in [5, 5.41) is 13.3. The summed E-state index contributed by atoms with van der Waals surface area (Å²) in [7, 11) is 0. The number of carbonyl (C=O) groups excluding carboxylic acids is 2. The summed E-state index contributed by atoms with van der Waals surface area (Å²) in [6.45, 7) is 1.13. The zero-order valence-corrected chi connectivity index (χ0v) is 19.1. The minimum absolute atomic E-state index is 0.193. The maximum Gasteiger partial charge on any atom is 0.323 e. The van der Waals surface area contributed by atoms with Crippen LogP contribution < -0.4 is 5.32 Å². The lowest BCUT2D eigenvalue weighted by atomic mass is 9.87. The average molecular weight is 468 g/mol. The van der Waals surface area contributed by atoms with E-state index in [9.17, 15) is 19.5 Å². The van der Waals surface area contributed by atoms with E-state index < -0.39 is 11.9 Å². The van der Waals surface area contributed by atoms with Crippen molar-refractivity contribution in [2.24, 2.45) is 5.92 Å². The third-order valence-corrected chi connectivity index (χ3v) is 6.65. The number of benzene rings is 1. The molecule has 33 heavy (non-hydrogen) atoms. The monoisotopic (exact) mass is 467 g/mol. The molecule has 2 N–H and O–H groups in total. The van der Waals surface area contributed by atoms with E-state index in [0.29, 0.717) is 40.2 Å². The van der Waals surface area contributed by atoms with Gasteiger partial charge >= 0.3 is 5.97 Å². The summed E-state index contributed by atoms with van der Waals surface area (Å²) in [5.41, 5.74) is 1.61. The van der Waals surface area contributed by atoms with Gasteiger partial charge in [-0.2, -0.15) is 0 Å². The number of rotatable bonds is 8. The first-order valence-electron chi connectivity index (χ1n) is 11.1. The van der Waals surface area contributed by atoms with Crippen molar-refractivity contribution in [2.75, 3.05) is 5.32 Å². The zero-order valence-electron chi connectivity index (χ0n) is 18.4. The minimum Gasteiger partial charge on any atom is -0.480 e. The number of aliphatic carboxylic acids is 1. The Labute approximate surface area is 196 Å². The number of fused-ring (bicyclic) bond motifs is 1. The molecule has 7 nitrogen and oxygen atoms in total. The number of Topliss-reactive ketones (excluding diaryl/α,β-unsaturated/α-hetero) is 1. The molecule has 8 heteroatoms. The molecule has 2 aromatic heterocycles. The van der Waals surface area contributed by atoms with E-state index in [-0.39, 0.29) is 23.3 Å². The molecule has 3 aromatic rings. The molecular formula is C25H26ClN3O4. The number of amides is 1. The van der Waals surface area contributed by atoms with Gasteiger partial charge in [-0.15, -0.1) is 0 Å². The molecule has 1 fully saturated rings. The van der Waals surface area contributed by atoms with E-state index in [1.807, 2.05) is 0 Å². The fourth-order valence-electron chi connectivity index (χ4n) is 4.77. The molecule has 0 radical (unpaired) electrons. The van der Waals surface area contributed by atoms with Crippen LogP contribution in [-0.4, -0.2) is 32.3 Å². The van der Waals surface area contributed by atoms with Gasteiger partial charge in [0.05, 0.1) is 10.9 Å². The van der Waals surface area contributed by atoms with E-state index in [0.717, 1.165) is 25.7 Å². The molecule has 172 valence electrons. The lowest BCUT2D eigenvalue weighted by Crippen LogP contribution is -2.23. The number of aromatic nitrogens is 2. The maximum absolute atomic E-state index is 13.5. The first-order chi connectivity index (χ1) is 15.8. The Balaban J connectivity index is 1.82. The largest absolute Gasteiger partial charge is 0.480 e. The van der Waals surface area contributed by atoms with Gasteiger partial charge in [0.25, 0.3) is 0 Å². The van der Waals surface area contributed by atoms with Crippen molar-refractivity contribution < 1.29 is 19.5 Å². The Bertz CT molecular complexity index is 1200. The summed E-state index contributed by atoms with van der Waals surface area (Å²) in [6.07, 6.45) is 8.41. The van der Waals surface area contributed by atoms with Crippen LogP contribution >= 0.6 is 11.6 Å². The second-order valence-electron chi connectivity index (χ2n) is 8.65. The van der Waals surface area contributed by atoms with Crippen molar-refractivity contribution in [3.8, 4) is 0 Å². The second kappa shape index (κ2) is 9.75. The van der Waals surface area contributed by atoms with Crippen LogP contribution in [0.1, 0.15) is 60.9 Å². The van der Waals surface area contributed by atoms with Crippen molar-refractivity contribution in [1.29, 1.82) is 0 Å². The second-order valence-corrected chi connectivity index (χ2v) is 9.06. The minimum atomic E-state index is -1.01. The molecule has 4 rings (SSSR count). The molecule has 0 saturated heterocycles. The Morgan fingerprint density at radius 2 is 2.00 bits per heavy atom. The fourth-order valence-corrected chi connectivity index (χ4v) is 5.06. The summed E-state index contributed by atoms with van der Waals surface area (Å²) in [5.74, 6) is -1.04. The number of carbonyl (C=O) groups is 3. The van der Waals surface area contributed by atoms with Crippen molar-refractivity contribution in [3.05, 3.63) is 58.9 Å². The molecule has 0 aliphatic heterocycles. The number of nitrogens with zero attached hydrogens (tertiary/aromatic N) is 2. The van der Waals surface area contributed by atoms with Gasteiger partial charge in [0.1, 0.15) is 12.4 Å². The lowest BCUT2D eigenvalue weighted by molar-refractivity contribution is -0.137. The van der Waals surface area contributed by atoms with Crippen molar-refractivity contribution in [1.82, 2.24) is 9.55 Å². The van der Waals surface area contributed by atoms with E-state index in [2.05, 4.69) is 10.3 Å². The van der Waals surface area contributed by atoms with Gasteiger partial charge in [-0.25, -0.2) is 4.98 Å². The van der Waals surface area contributed by atoms with Crippen LogP contribution in [0.5, 0.6) is 0 Å². The average Bonchev–Trinajstić information content (AvgIpc) is 3.39. The number of nitrogens with one attached hydrogen (secondary N) is 1. The van der Waals surface area contributed by atoms with E-state index >= 15 is 0 Å². The van der Waals surface area contributed by atoms with Crippen LogP contribution in [0.3, 0.4) is 0 Å². The van der Waals surface area contributed by atoms with Gasteiger partial charge in [0.2, 0.25) is 5.91 Å². The van der Waals surface area contributed by atoms with E-state index in [1.165, 1.54) is 6.92 Å². The predicted octanol–water partition coefficient (Wildman–Crippen LogP) is 5.28. The summed E-state index contributed by atoms with van der Waals surface area (Å²) >= 11 is 6.41. The van der Waals surface area contributed by atoms with Gasteiger partial charge in [-0.05, 0) is 49.1 Å². The van der Waals surface area contributed by atoms with E-state index in [1.54, 1.807) is 47.3 Å². The number of pyridine rings is 1. The summed E-state index contributed by atoms with van der Waals surface area (Å²) in [4.78, 5) is 41.3. The number of halogens is 1. The van der Waals surface area contributed by atoms with Crippen LogP contribution in [0, 0.1) is 5.92 Å². The van der Waals surface area contributed by atoms with E-state index in [4.69, 9.17) is 11.6 Å². The van der Waals surface area contributed by atoms with Crippen molar-refractivity contribution >= 4 is 46.0 Å². The fraction of sp³-hybridized carbons (Fsp3) is 0.360. The van der Waals surface area contributed by atoms with Crippen LogP contribution in [0.2, 0.25) is 5.02 Å². The highest BCUT2D eigenvalue weighted by Crippen LogP contribution is 2.39. The quantitative estimate of drug-likeness (QED) is 0.439. The zero-order chi connectivity index (χ0) is 23.5. The summed E-state index contributed by atoms with van der Waals surface area (Å²) < 4.78 is 1.57. The van der Waals surface area contributed by atoms with Crippen LogP contribution in [0.15, 0.2) is 42.7 Å². The third kappa shape index (κ3) is 5.09. The van der Waals surface area contributed by atoms with Gasteiger partial charge in [0.15, 0.2) is 5.78 Å². The maximum atomic E-state index is 13.5. The molecule has 1 unspecified atom stereocenters. The Kier molecular flexibility index (Phi) is 6.79. The Morgan fingerprint density at radius 1 is 1.24 bits per heavy atom. The molecule has 1 aromatic carbocycles. The molecule has 0 spiro atoms. The molecule has 1 atom stereocenters. The third-order valence-electron chi connectivity index (χ3n) is 6.34. The Hall–Kier alpha value is -3.19. The van der Waals surface area contributed by atoms with Crippen LogP contribution in [-0.2, 0) is 16.1 Å². The molecule has 1 amide bonds. The standard InChI is InChI=1S/C25H26ClN3O4/c1-15(30)17-12-22-18(11-21(17)26)20(13-29(22)14-24(31)32)19(10-16-6-2-3-7-16)25(33)28-23-8-4-5-9-27-23/h4-5,8-9,11-13,16,19H,2-3,6-7,10,14H2,1H3,(H,31,32)(H,27,28,33). The highest BCUT2D eigenvalue weighted by atomic mass is 35.5. The summed E-state index contributed by atoms with van der Waals surface area (Å²) in [6, 6.07) is 8.61. The van der Waals surface area contributed by atoms with Gasteiger partial charge in [0, 0.05) is 28.9 Å². The molecular weight excluding hydrogens is 442 g/mol. The molecule has 1 aliphatic carbocycles. The molecule has 2 heterocycles. The first-order valence-corrected chi connectivity index (χ1v) is 11.5. The SMILES string of the molecule is CC(=O)c1cc2c(cc1Cl)c(C(CC1CCCC1)C(=O)Nc1ccccn1)cn2CC(=O)O. The Morgan fingerprint density at radius 3 is 2.64 bits per heavy atom. The van der Waals surface area contributed by atoms with Crippen molar-refractivity contribution in [2.45, 2.75) is 51.5 Å². The topological polar surface area (TPSA) is 101 Å². The predicted molar refractivity (Wildman–Crippen MR) is 127 cm³/mol. The number of carboxylic acids is 1. The normalized spacial score (nSPS) is 15.0. The highest BCUT2D eigenvalue weighted by Gasteiger charge is 2.30. The number of carboxylic acid groups (broad SMARTS) is 1. The van der Waals surface area contributed by atoms with Crippen LogP contribution in [0.4, 0.5) is 5.82 Å². The van der Waals surface area contributed by atoms with Crippen LogP contribution in [0.25, 0.3) is 10.9 Å². The number of ketones is 1. The smallest absolute Gasteiger partial charge is 0.323 e. The highest BCUT2D eigenvalue weighted by molar-refractivity contribution is 6.34. The van der Waals surface area contributed by atoms with Gasteiger partial charge in [-0.1, -0.05) is 43.4 Å². The molecule has 0 bridgehead atoms. The molecule has 1 aliphatic rings. The number of anilines is 1. The molecule has 1 saturated carbocycles. The van der Waals surface area contributed by atoms with Crippen molar-refractivity contribution in [3.63, 3.8) is 0 Å².